The fraction of sp³-hybridized carbons (Fsp3) is 0.480. The average molecular weight is 409 g/mol. The summed E-state index contributed by atoms with van der Waals surface area (Å²) in [6.45, 7) is 1.84. The lowest BCUT2D eigenvalue weighted by Gasteiger charge is -2.55. The maximum atomic E-state index is 13.1. The minimum atomic E-state index is -0.455. The van der Waals surface area contributed by atoms with Gasteiger partial charge in [-0.25, -0.2) is 0 Å². The van der Waals surface area contributed by atoms with Crippen LogP contribution in [0.5, 0.6) is 5.75 Å². The number of nitrogens with zero attached hydrogens (tertiary/aromatic N) is 2. The van der Waals surface area contributed by atoms with Crippen LogP contribution < -0.4 is 4.74 Å². The van der Waals surface area contributed by atoms with Crippen LogP contribution in [0.4, 0.5) is 0 Å². The van der Waals surface area contributed by atoms with Gasteiger partial charge in [-0.15, -0.1) is 0 Å². The fourth-order valence-corrected chi connectivity index (χ4v) is 5.52. The molecule has 4 rings (SSSR count). The van der Waals surface area contributed by atoms with Gasteiger partial charge in [-0.05, 0) is 62.7 Å². The minimum Gasteiger partial charge on any atom is -0.497 e. The van der Waals surface area contributed by atoms with Crippen molar-refractivity contribution in [2.75, 3.05) is 34.3 Å². The van der Waals surface area contributed by atoms with Crippen LogP contribution in [0, 0.1) is 5.92 Å². The number of hydrogen-bond acceptors (Lipinski definition) is 4. The summed E-state index contributed by atoms with van der Waals surface area (Å²) in [7, 11) is 5.69. The highest BCUT2D eigenvalue weighted by Gasteiger charge is 2.52. The molecule has 1 aliphatic carbocycles. The average Bonchev–Trinajstić information content (AvgIpc) is 2.79. The van der Waals surface area contributed by atoms with Gasteiger partial charge in [-0.1, -0.05) is 30.3 Å². The molecule has 1 N–H and O–H groups in total. The highest BCUT2D eigenvalue weighted by Crippen LogP contribution is 2.50. The third-order valence-corrected chi connectivity index (χ3v) is 7.27. The maximum Gasteiger partial charge on any atom is 0.253 e. The summed E-state index contributed by atoms with van der Waals surface area (Å²) >= 11 is 0. The van der Waals surface area contributed by atoms with Gasteiger partial charge in [0.1, 0.15) is 5.75 Å². The van der Waals surface area contributed by atoms with Gasteiger partial charge in [0.15, 0.2) is 0 Å². The van der Waals surface area contributed by atoms with Gasteiger partial charge in [0.2, 0.25) is 0 Å². The predicted octanol–water partition coefficient (Wildman–Crippen LogP) is 3.18. The van der Waals surface area contributed by atoms with Gasteiger partial charge in [0.25, 0.3) is 5.91 Å². The van der Waals surface area contributed by atoms with Crippen LogP contribution in [-0.4, -0.2) is 67.3 Å². The maximum absolute atomic E-state index is 13.1. The zero-order chi connectivity index (χ0) is 21.3. The molecule has 2 aliphatic rings. The van der Waals surface area contributed by atoms with Crippen molar-refractivity contribution in [3.05, 3.63) is 65.7 Å². The summed E-state index contributed by atoms with van der Waals surface area (Å²) in [6, 6.07) is 17.7. The molecule has 2 aromatic carbocycles. The van der Waals surface area contributed by atoms with Crippen molar-refractivity contribution in [2.24, 2.45) is 5.92 Å². The Labute approximate surface area is 179 Å². The molecule has 0 spiro atoms. The molecule has 1 heterocycles. The molecule has 5 heteroatoms. The van der Waals surface area contributed by atoms with Crippen molar-refractivity contribution in [3.63, 3.8) is 0 Å². The van der Waals surface area contributed by atoms with E-state index in [9.17, 15) is 9.90 Å². The highest BCUT2D eigenvalue weighted by molar-refractivity contribution is 5.94. The van der Waals surface area contributed by atoms with E-state index < -0.39 is 6.10 Å². The van der Waals surface area contributed by atoms with Gasteiger partial charge in [-0.2, -0.15) is 0 Å². The Kier molecular flexibility index (Phi) is 5.85. The largest absolute Gasteiger partial charge is 0.497 e. The lowest BCUT2D eigenvalue weighted by Crippen LogP contribution is -2.60. The molecule has 2 aromatic rings. The molecule has 2 fully saturated rings. The third kappa shape index (κ3) is 3.72. The van der Waals surface area contributed by atoms with Crippen LogP contribution in [0.25, 0.3) is 0 Å². The Bertz CT molecular complexity index is 887. The number of carbonyl (C=O) groups is 1. The number of fused-ring (bicyclic) bond motifs is 1. The van der Waals surface area contributed by atoms with Crippen molar-refractivity contribution >= 4 is 5.91 Å². The molecular weight excluding hydrogens is 376 g/mol. The number of ether oxygens (including phenoxy) is 1. The van der Waals surface area contributed by atoms with Crippen LogP contribution >= 0.6 is 0 Å². The Balaban J connectivity index is 1.69. The lowest BCUT2D eigenvalue weighted by molar-refractivity contribution is -0.0566. The number of piperidine rings is 1. The van der Waals surface area contributed by atoms with Crippen LogP contribution in [-0.2, 0) is 5.41 Å². The summed E-state index contributed by atoms with van der Waals surface area (Å²) in [6.07, 6.45) is 1.97. The van der Waals surface area contributed by atoms with Crippen molar-refractivity contribution < 1.29 is 14.6 Å². The Morgan fingerprint density at radius 3 is 2.70 bits per heavy atom. The summed E-state index contributed by atoms with van der Waals surface area (Å²) in [5.74, 6) is 0.990. The zero-order valence-electron chi connectivity index (χ0n) is 18.1. The lowest BCUT2D eigenvalue weighted by atomic mass is 9.57. The SMILES string of the molecule is COc1cccc(C23CCN(C)CC2C(O)C[C@@H](N(C)C(=O)c2ccccc2)C3)c1. The molecule has 1 saturated heterocycles. The fourth-order valence-electron chi connectivity index (χ4n) is 5.52. The second-order valence-electron chi connectivity index (χ2n) is 8.95. The topological polar surface area (TPSA) is 53.0 Å². The molecule has 0 bridgehead atoms. The molecule has 3 unspecified atom stereocenters. The normalized spacial score (nSPS) is 29.1. The molecule has 30 heavy (non-hydrogen) atoms. The predicted molar refractivity (Wildman–Crippen MR) is 118 cm³/mol. The Hall–Kier alpha value is -2.37. The summed E-state index contributed by atoms with van der Waals surface area (Å²) in [4.78, 5) is 17.3. The van der Waals surface area contributed by atoms with Crippen LogP contribution in [0.1, 0.15) is 35.2 Å². The number of carbonyl (C=O) groups excluding carboxylic acids is 1. The van der Waals surface area contributed by atoms with Gasteiger partial charge in [-0.3, -0.25) is 4.79 Å². The van der Waals surface area contributed by atoms with Crippen molar-refractivity contribution in [1.82, 2.24) is 9.80 Å². The summed E-state index contributed by atoms with van der Waals surface area (Å²) in [5.41, 5.74) is 1.73. The minimum absolute atomic E-state index is 0.0139. The number of aliphatic hydroxyl groups excluding tert-OH is 1. The van der Waals surface area contributed by atoms with Crippen molar-refractivity contribution in [2.45, 2.75) is 36.8 Å². The first-order chi connectivity index (χ1) is 14.4. The Morgan fingerprint density at radius 2 is 1.97 bits per heavy atom. The van der Waals surface area contributed by atoms with E-state index in [-0.39, 0.29) is 23.3 Å². The second-order valence-corrected chi connectivity index (χ2v) is 8.95. The van der Waals surface area contributed by atoms with Crippen LogP contribution in [0.3, 0.4) is 0 Å². The monoisotopic (exact) mass is 408 g/mol. The number of hydrogen-bond donors (Lipinski definition) is 1. The van der Waals surface area contributed by atoms with E-state index in [1.165, 1.54) is 5.56 Å². The first kappa shape index (κ1) is 20.9. The highest BCUT2D eigenvalue weighted by atomic mass is 16.5. The number of aliphatic hydroxyl groups is 1. The van der Waals surface area contributed by atoms with E-state index in [4.69, 9.17) is 4.74 Å². The first-order valence-electron chi connectivity index (χ1n) is 10.8. The van der Waals surface area contributed by atoms with Gasteiger partial charge in [0.05, 0.1) is 13.2 Å². The zero-order valence-corrected chi connectivity index (χ0v) is 18.1. The first-order valence-corrected chi connectivity index (χ1v) is 10.8. The third-order valence-electron chi connectivity index (χ3n) is 7.27. The number of amides is 1. The summed E-state index contributed by atoms with van der Waals surface area (Å²) in [5, 5.41) is 11.3. The van der Waals surface area contributed by atoms with E-state index >= 15 is 0 Å². The Morgan fingerprint density at radius 1 is 1.20 bits per heavy atom. The van der Waals surface area contributed by atoms with E-state index in [2.05, 4.69) is 24.1 Å². The number of methoxy groups -OCH3 is 1. The molecule has 1 amide bonds. The van der Waals surface area contributed by atoms with E-state index in [0.29, 0.717) is 12.0 Å². The molecule has 4 atom stereocenters. The molecule has 0 radical (unpaired) electrons. The number of benzene rings is 2. The quantitative estimate of drug-likeness (QED) is 0.844. The van der Waals surface area contributed by atoms with Gasteiger partial charge >= 0.3 is 0 Å². The molecule has 0 aromatic heterocycles. The second kappa shape index (κ2) is 8.40. The van der Waals surface area contributed by atoms with E-state index in [1.807, 2.05) is 54.4 Å². The smallest absolute Gasteiger partial charge is 0.253 e. The number of likely N-dealkylation sites (tertiary alicyclic amines) is 1. The summed E-state index contributed by atoms with van der Waals surface area (Å²) < 4.78 is 5.50. The molecular formula is C25H32N2O3. The molecule has 160 valence electrons. The van der Waals surface area contributed by atoms with Crippen LogP contribution in [0.15, 0.2) is 54.6 Å². The molecule has 1 aliphatic heterocycles. The van der Waals surface area contributed by atoms with Crippen molar-refractivity contribution in [3.8, 4) is 5.75 Å². The number of rotatable bonds is 4. The van der Waals surface area contributed by atoms with Gasteiger partial charge < -0.3 is 19.6 Å². The standard InChI is InChI=1S/C25H32N2O3/c1-26-13-12-25(19-10-7-11-21(14-19)30-3)16-20(15-23(28)22(25)17-26)27(2)24(29)18-8-5-4-6-9-18/h4-11,14,20,22-23,28H,12-13,15-17H2,1-3H3/t20-,22?,23?,25?/m1/s1. The van der Waals surface area contributed by atoms with E-state index in [0.717, 1.165) is 31.7 Å². The van der Waals surface area contributed by atoms with E-state index in [1.54, 1.807) is 7.11 Å². The molecule has 5 nitrogen and oxygen atoms in total. The van der Waals surface area contributed by atoms with Crippen LogP contribution in [0.2, 0.25) is 0 Å². The van der Waals surface area contributed by atoms with Gasteiger partial charge in [0, 0.05) is 36.5 Å². The molecule has 1 saturated carbocycles. The van der Waals surface area contributed by atoms with Crippen molar-refractivity contribution in [1.29, 1.82) is 0 Å².